The summed E-state index contributed by atoms with van der Waals surface area (Å²) in [6, 6.07) is 6.10. The first-order chi connectivity index (χ1) is 13.9. The highest BCUT2D eigenvalue weighted by Crippen LogP contribution is 2.41. The number of carbonyl (C=O) groups excluding carboxylic acids is 2. The summed E-state index contributed by atoms with van der Waals surface area (Å²) in [4.78, 5) is 31.6. The summed E-state index contributed by atoms with van der Waals surface area (Å²) in [6.07, 6.45) is 2.38. The second kappa shape index (κ2) is 7.38. The fraction of sp³-hybridized carbons (Fsp3) is 0.400. The molecule has 29 heavy (non-hydrogen) atoms. The molecule has 2 heterocycles. The number of hydrogen-bond acceptors (Lipinski definition) is 4. The Labute approximate surface area is 165 Å². The number of nitrogens with zero attached hydrogens (tertiary/aromatic N) is 3. The van der Waals surface area contributed by atoms with Crippen molar-refractivity contribution in [3.63, 3.8) is 0 Å². The molecule has 1 aliphatic carbocycles. The zero-order valence-electron chi connectivity index (χ0n) is 15.9. The quantitative estimate of drug-likeness (QED) is 0.641. The molecule has 2 N–H and O–H groups in total. The molecule has 1 amide bonds. The number of H-pyrrole nitrogens is 1. The maximum atomic E-state index is 13.7. The van der Waals surface area contributed by atoms with Gasteiger partial charge in [-0.1, -0.05) is 0 Å². The van der Waals surface area contributed by atoms with Gasteiger partial charge in [-0.15, -0.1) is 0 Å². The monoisotopic (exact) mass is 401 g/mol. The summed E-state index contributed by atoms with van der Waals surface area (Å²) in [5.74, 6) is -2.70. The first-order valence-electron chi connectivity index (χ1n) is 9.48. The van der Waals surface area contributed by atoms with E-state index in [0.717, 1.165) is 6.29 Å². The first kappa shape index (κ1) is 19.2. The van der Waals surface area contributed by atoms with Gasteiger partial charge in [-0.3, -0.25) is 14.3 Å². The Hall–Kier alpha value is -3.10. The maximum absolute atomic E-state index is 13.7. The number of aryl methyl sites for hydroxylation is 1. The summed E-state index contributed by atoms with van der Waals surface area (Å²) in [6.45, 7) is 0. The van der Waals surface area contributed by atoms with Crippen molar-refractivity contribution in [3.05, 3.63) is 47.5 Å². The number of alkyl halides is 2. The van der Waals surface area contributed by atoms with E-state index < -0.39 is 12.0 Å². The summed E-state index contributed by atoms with van der Waals surface area (Å²) in [5, 5.41) is 6.96. The molecule has 0 bridgehead atoms. The van der Waals surface area contributed by atoms with Crippen LogP contribution < -0.4 is 5.32 Å². The smallest absolute Gasteiger partial charge is 0.270 e. The molecule has 0 unspecified atom stereocenters. The van der Waals surface area contributed by atoms with Gasteiger partial charge >= 0.3 is 0 Å². The van der Waals surface area contributed by atoms with Crippen molar-refractivity contribution < 1.29 is 18.4 Å². The van der Waals surface area contributed by atoms with Gasteiger partial charge in [0.15, 0.2) is 0 Å². The van der Waals surface area contributed by atoms with E-state index in [2.05, 4.69) is 20.4 Å². The lowest BCUT2D eigenvalue weighted by molar-refractivity contribution is -0.0496. The fourth-order valence-electron chi connectivity index (χ4n) is 3.88. The number of rotatable bonds is 5. The molecule has 0 aliphatic heterocycles. The minimum atomic E-state index is -2.67. The second-order valence-corrected chi connectivity index (χ2v) is 7.50. The highest BCUT2D eigenvalue weighted by Gasteiger charge is 2.39. The molecule has 0 spiro atoms. The molecule has 1 aromatic carbocycles. The second-order valence-electron chi connectivity index (χ2n) is 7.50. The van der Waals surface area contributed by atoms with Crippen molar-refractivity contribution in [2.75, 3.05) is 0 Å². The average molecular weight is 401 g/mol. The molecule has 1 saturated carbocycles. The Morgan fingerprint density at radius 3 is 2.76 bits per heavy atom. The van der Waals surface area contributed by atoms with Crippen LogP contribution in [-0.2, 0) is 7.05 Å². The Morgan fingerprint density at radius 2 is 2.10 bits per heavy atom. The number of hydrogen-bond donors (Lipinski definition) is 2. The van der Waals surface area contributed by atoms with Crippen molar-refractivity contribution in [2.45, 2.75) is 37.6 Å². The standard InChI is InChI=1S/C20H21F2N5O2/c1-27-16(6-9-23-27)19(29)26-17(13-4-7-20(21,22)8-5-13)18-24-14-3-2-12(11-28)10-15(14)25-18/h2-3,6,9-11,13,17H,4-5,7-8H2,1H3,(H,24,25)(H,26,29)/t17-/m0/s1. The number of amides is 1. The summed E-state index contributed by atoms with van der Waals surface area (Å²) in [5.41, 5.74) is 2.16. The highest BCUT2D eigenvalue weighted by atomic mass is 19.3. The number of aromatic amines is 1. The van der Waals surface area contributed by atoms with Gasteiger partial charge in [0.2, 0.25) is 5.92 Å². The Bertz CT molecular complexity index is 1050. The third-order valence-electron chi connectivity index (χ3n) is 5.53. The first-order valence-corrected chi connectivity index (χ1v) is 9.48. The average Bonchev–Trinajstić information content (AvgIpc) is 3.31. The molecule has 9 heteroatoms. The lowest BCUT2D eigenvalue weighted by Crippen LogP contribution is -2.38. The number of fused-ring (bicyclic) bond motifs is 1. The zero-order valence-corrected chi connectivity index (χ0v) is 15.9. The third kappa shape index (κ3) is 3.90. The van der Waals surface area contributed by atoms with E-state index in [1.807, 2.05) is 0 Å². The van der Waals surface area contributed by atoms with Gasteiger partial charge in [0.05, 0.1) is 17.1 Å². The van der Waals surface area contributed by atoms with Gasteiger partial charge in [-0.05, 0) is 43.0 Å². The van der Waals surface area contributed by atoms with Gasteiger partial charge in [0.25, 0.3) is 5.91 Å². The Kier molecular flexibility index (Phi) is 4.89. The van der Waals surface area contributed by atoms with Crippen LogP contribution in [0.4, 0.5) is 8.78 Å². The highest BCUT2D eigenvalue weighted by molar-refractivity contribution is 5.92. The number of carbonyl (C=O) groups is 2. The Balaban J connectivity index is 1.67. The number of aldehydes is 1. The number of imidazole rings is 1. The molecule has 152 valence electrons. The van der Waals surface area contributed by atoms with Crippen LogP contribution in [0.1, 0.15) is 58.4 Å². The van der Waals surface area contributed by atoms with E-state index in [1.54, 1.807) is 31.3 Å². The van der Waals surface area contributed by atoms with Gasteiger partial charge < -0.3 is 10.3 Å². The predicted molar refractivity (Wildman–Crippen MR) is 102 cm³/mol. The van der Waals surface area contributed by atoms with Gasteiger partial charge in [-0.25, -0.2) is 13.8 Å². The fourth-order valence-corrected chi connectivity index (χ4v) is 3.88. The van der Waals surface area contributed by atoms with Gasteiger partial charge in [-0.2, -0.15) is 5.10 Å². The van der Waals surface area contributed by atoms with Crippen molar-refractivity contribution in [1.82, 2.24) is 25.1 Å². The van der Waals surface area contributed by atoms with Crippen LogP contribution in [0.15, 0.2) is 30.5 Å². The normalized spacial score (nSPS) is 17.9. The number of nitrogens with one attached hydrogen (secondary N) is 2. The van der Waals surface area contributed by atoms with Crippen LogP contribution in [0, 0.1) is 5.92 Å². The number of halogens is 2. The Morgan fingerprint density at radius 1 is 1.34 bits per heavy atom. The molecule has 1 fully saturated rings. The zero-order chi connectivity index (χ0) is 20.6. The summed E-state index contributed by atoms with van der Waals surface area (Å²) >= 11 is 0. The number of aromatic nitrogens is 4. The van der Waals surface area contributed by atoms with Crippen LogP contribution in [0.25, 0.3) is 11.0 Å². The van der Waals surface area contributed by atoms with Crippen LogP contribution in [-0.4, -0.2) is 37.9 Å². The molecule has 4 rings (SSSR count). The molecule has 0 saturated heterocycles. The topological polar surface area (TPSA) is 92.7 Å². The molecule has 2 aromatic heterocycles. The molecule has 3 aromatic rings. The minimum absolute atomic E-state index is 0.182. The van der Waals surface area contributed by atoms with Crippen molar-refractivity contribution in [2.24, 2.45) is 13.0 Å². The predicted octanol–water partition coefficient (Wildman–Crippen LogP) is 3.41. The van der Waals surface area contributed by atoms with Crippen LogP contribution in [0.3, 0.4) is 0 Å². The minimum Gasteiger partial charge on any atom is -0.340 e. The van der Waals surface area contributed by atoms with Crippen molar-refractivity contribution in [3.8, 4) is 0 Å². The molecule has 1 atom stereocenters. The van der Waals surface area contributed by atoms with Crippen LogP contribution in [0.2, 0.25) is 0 Å². The van der Waals surface area contributed by atoms with Gasteiger partial charge in [0, 0.05) is 31.6 Å². The van der Waals surface area contributed by atoms with Crippen molar-refractivity contribution in [1.29, 1.82) is 0 Å². The molecular formula is C20H21F2N5O2. The van der Waals surface area contributed by atoms with Crippen LogP contribution in [0.5, 0.6) is 0 Å². The van der Waals surface area contributed by atoms with Crippen molar-refractivity contribution >= 4 is 23.2 Å². The summed E-state index contributed by atoms with van der Waals surface area (Å²) in [7, 11) is 1.66. The third-order valence-corrected chi connectivity index (χ3v) is 5.53. The van der Waals surface area contributed by atoms with E-state index in [4.69, 9.17) is 0 Å². The maximum Gasteiger partial charge on any atom is 0.270 e. The molecule has 7 nitrogen and oxygen atoms in total. The van der Waals surface area contributed by atoms with E-state index in [0.29, 0.717) is 28.1 Å². The van der Waals surface area contributed by atoms with Gasteiger partial charge in [0.1, 0.15) is 17.8 Å². The van der Waals surface area contributed by atoms with E-state index in [1.165, 1.54) is 10.9 Å². The lowest BCUT2D eigenvalue weighted by Gasteiger charge is -2.33. The largest absolute Gasteiger partial charge is 0.340 e. The van der Waals surface area contributed by atoms with E-state index in [-0.39, 0.29) is 37.5 Å². The van der Waals surface area contributed by atoms with E-state index >= 15 is 0 Å². The lowest BCUT2D eigenvalue weighted by atomic mass is 9.81. The van der Waals surface area contributed by atoms with E-state index in [9.17, 15) is 18.4 Å². The molecule has 1 aliphatic rings. The SMILES string of the molecule is Cn1nccc1C(=O)N[C@H](c1nc2cc(C=O)ccc2[nH]1)C1CCC(F)(F)CC1. The summed E-state index contributed by atoms with van der Waals surface area (Å²) < 4.78 is 28.8. The molecular weight excluding hydrogens is 380 g/mol. The number of benzene rings is 1. The van der Waals surface area contributed by atoms with Crippen LogP contribution >= 0.6 is 0 Å². The molecule has 0 radical (unpaired) electrons.